The lowest BCUT2D eigenvalue weighted by Crippen LogP contribution is -2.43. The number of methoxy groups -OCH3 is 1. The molecule has 34 heavy (non-hydrogen) atoms. The van der Waals surface area contributed by atoms with E-state index in [-0.39, 0.29) is 5.91 Å². The number of esters is 1. The largest absolute Gasteiger partial charge is 0.467 e. The van der Waals surface area contributed by atoms with Crippen LogP contribution >= 0.6 is 11.3 Å². The maximum atomic E-state index is 13.4. The fraction of sp³-hybridized carbons (Fsp3) is 0.200. The standard InChI is InChI=1S/C25H23N5O3S/c1-15-10-19(20-13-27-30(23(20)28-15)14-17-6-5-9-34-17)24(31)29-22(25(32)33-2)11-16-12-26-21-8-4-3-7-18(16)21/h3-10,12-13,22,26H,11,14H2,1-2H3,(H,29,31)/t22-/m1/s1. The first kappa shape index (κ1) is 21.8. The van der Waals surface area contributed by atoms with Crippen molar-refractivity contribution in [2.75, 3.05) is 7.11 Å². The van der Waals surface area contributed by atoms with Crippen LogP contribution in [0.25, 0.3) is 21.9 Å². The predicted octanol–water partition coefficient (Wildman–Crippen LogP) is 3.84. The monoisotopic (exact) mass is 473 g/mol. The Kier molecular flexibility index (Phi) is 5.85. The van der Waals surface area contributed by atoms with E-state index < -0.39 is 12.0 Å². The van der Waals surface area contributed by atoms with Crippen molar-refractivity contribution in [3.05, 3.63) is 81.9 Å². The SMILES string of the molecule is COC(=O)[C@@H](Cc1c[nH]c2ccccc12)NC(=O)c1cc(C)nc2c1cnn2Cc1cccs1. The molecule has 4 aromatic heterocycles. The number of pyridine rings is 1. The number of carbonyl (C=O) groups is 2. The van der Waals surface area contributed by atoms with Gasteiger partial charge in [0.1, 0.15) is 6.04 Å². The van der Waals surface area contributed by atoms with Crippen LogP contribution in [0, 0.1) is 6.92 Å². The maximum Gasteiger partial charge on any atom is 0.328 e. The van der Waals surface area contributed by atoms with Crippen molar-refractivity contribution in [3.8, 4) is 0 Å². The normalized spacial score (nSPS) is 12.2. The van der Waals surface area contributed by atoms with Gasteiger partial charge in [-0.15, -0.1) is 11.3 Å². The molecule has 1 amide bonds. The van der Waals surface area contributed by atoms with E-state index in [4.69, 9.17) is 4.74 Å². The quantitative estimate of drug-likeness (QED) is 0.350. The zero-order valence-corrected chi connectivity index (χ0v) is 19.6. The van der Waals surface area contributed by atoms with Crippen LogP contribution in [0.4, 0.5) is 0 Å². The van der Waals surface area contributed by atoms with Crippen LogP contribution in [-0.4, -0.2) is 44.8 Å². The Labute approximate surface area is 199 Å². The highest BCUT2D eigenvalue weighted by Crippen LogP contribution is 2.22. The first-order chi connectivity index (χ1) is 16.5. The molecule has 1 aromatic carbocycles. The summed E-state index contributed by atoms with van der Waals surface area (Å²) in [5.74, 6) is -0.879. The van der Waals surface area contributed by atoms with Gasteiger partial charge in [0.25, 0.3) is 5.91 Å². The van der Waals surface area contributed by atoms with Gasteiger partial charge < -0.3 is 15.0 Å². The lowest BCUT2D eigenvalue weighted by Gasteiger charge is -2.17. The number of H-pyrrole nitrogens is 1. The third kappa shape index (κ3) is 4.17. The van der Waals surface area contributed by atoms with Gasteiger partial charge in [-0.25, -0.2) is 14.5 Å². The summed E-state index contributed by atoms with van der Waals surface area (Å²) in [4.78, 5) is 34.9. The van der Waals surface area contributed by atoms with Gasteiger partial charge in [-0.1, -0.05) is 24.3 Å². The molecule has 0 spiro atoms. The first-order valence-corrected chi connectivity index (χ1v) is 11.7. The molecule has 0 bridgehead atoms. The minimum atomic E-state index is -0.846. The van der Waals surface area contributed by atoms with Crippen LogP contribution in [0.1, 0.15) is 26.5 Å². The summed E-state index contributed by atoms with van der Waals surface area (Å²) >= 11 is 1.64. The maximum absolute atomic E-state index is 13.4. The van der Waals surface area contributed by atoms with Gasteiger partial charge in [-0.2, -0.15) is 5.10 Å². The highest BCUT2D eigenvalue weighted by molar-refractivity contribution is 7.09. The lowest BCUT2D eigenvalue weighted by molar-refractivity contribution is -0.142. The molecule has 8 nitrogen and oxygen atoms in total. The summed E-state index contributed by atoms with van der Waals surface area (Å²) < 4.78 is 6.78. The zero-order valence-electron chi connectivity index (χ0n) is 18.7. The van der Waals surface area contributed by atoms with Crippen molar-refractivity contribution >= 4 is 45.1 Å². The number of thiophene rings is 1. The van der Waals surface area contributed by atoms with E-state index in [0.717, 1.165) is 21.3 Å². The Morgan fingerprint density at radius 3 is 2.85 bits per heavy atom. The van der Waals surface area contributed by atoms with Crippen molar-refractivity contribution in [3.63, 3.8) is 0 Å². The van der Waals surface area contributed by atoms with Crippen molar-refractivity contribution in [1.29, 1.82) is 0 Å². The van der Waals surface area contributed by atoms with Crippen LogP contribution in [0.5, 0.6) is 0 Å². The number of hydrogen-bond donors (Lipinski definition) is 2. The summed E-state index contributed by atoms with van der Waals surface area (Å²) in [6.45, 7) is 2.41. The third-order valence-electron chi connectivity index (χ3n) is 5.76. The van der Waals surface area contributed by atoms with Gasteiger partial charge in [0.05, 0.1) is 30.8 Å². The van der Waals surface area contributed by atoms with Gasteiger partial charge in [-0.3, -0.25) is 4.79 Å². The van der Waals surface area contributed by atoms with Gasteiger partial charge >= 0.3 is 5.97 Å². The molecule has 5 rings (SSSR count). The molecule has 9 heteroatoms. The smallest absolute Gasteiger partial charge is 0.328 e. The number of carbonyl (C=O) groups excluding carboxylic acids is 2. The number of amides is 1. The van der Waals surface area contributed by atoms with E-state index in [1.807, 2.05) is 54.9 Å². The molecule has 0 fully saturated rings. The van der Waals surface area contributed by atoms with Crippen molar-refractivity contribution in [2.24, 2.45) is 0 Å². The number of aromatic nitrogens is 4. The molecule has 0 radical (unpaired) electrons. The average molecular weight is 474 g/mol. The van der Waals surface area contributed by atoms with Gasteiger partial charge in [-0.05, 0) is 36.1 Å². The second-order valence-corrected chi connectivity index (χ2v) is 9.08. The molecule has 0 aliphatic rings. The number of nitrogens with zero attached hydrogens (tertiary/aromatic N) is 3. The topological polar surface area (TPSA) is 102 Å². The lowest BCUT2D eigenvalue weighted by atomic mass is 10.0. The summed E-state index contributed by atoms with van der Waals surface area (Å²) in [5.41, 5.74) is 3.64. The minimum absolute atomic E-state index is 0.299. The van der Waals surface area contributed by atoms with E-state index in [0.29, 0.717) is 35.3 Å². The molecule has 0 saturated carbocycles. The number of rotatable bonds is 7. The highest BCUT2D eigenvalue weighted by atomic mass is 32.1. The minimum Gasteiger partial charge on any atom is -0.467 e. The Morgan fingerprint density at radius 1 is 1.21 bits per heavy atom. The van der Waals surface area contributed by atoms with Gasteiger partial charge in [0, 0.05) is 34.1 Å². The fourth-order valence-corrected chi connectivity index (χ4v) is 4.80. The van der Waals surface area contributed by atoms with E-state index in [1.54, 1.807) is 28.3 Å². The first-order valence-electron chi connectivity index (χ1n) is 10.8. The Bertz CT molecular complexity index is 1490. The van der Waals surface area contributed by atoms with E-state index in [9.17, 15) is 9.59 Å². The molecule has 0 unspecified atom stereocenters. The van der Waals surface area contributed by atoms with Crippen LogP contribution < -0.4 is 5.32 Å². The van der Waals surface area contributed by atoms with E-state index in [1.165, 1.54) is 7.11 Å². The van der Waals surface area contributed by atoms with Crippen molar-refractivity contribution in [1.82, 2.24) is 25.1 Å². The summed E-state index contributed by atoms with van der Waals surface area (Å²) in [6.07, 6.45) is 3.81. The number of aromatic amines is 1. The molecule has 172 valence electrons. The molecule has 0 aliphatic carbocycles. The van der Waals surface area contributed by atoms with E-state index >= 15 is 0 Å². The zero-order chi connectivity index (χ0) is 23.7. The second kappa shape index (κ2) is 9.11. The van der Waals surface area contributed by atoms with Crippen LogP contribution in [0.3, 0.4) is 0 Å². The van der Waals surface area contributed by atoms with Crippen LogP contribution in [0.15, 0.2) is 60.2 Å². The molecule has 0 saturated heterocycles. The van der Waals surface area contributed by atoms with Crippen LogP contribution in [0.2, 0.25) is 0 Å². The van der Waals surface area contributed by atoms with Gasteiger partial charge in [0.2, 0.25) is 0 Å². The Hall–Kier alpha value is -3.98. The molecule has 1 atom stereocenters. The Balaban J connectivity index is 1.44. The Morgan fingerprint density at radius 2 is 2.06 bits per heavy atom. The number of ether oxygens (including phenoxy) is 1. The highest BCUT2D eigenvalue weighted by Gasteiger charge is 2.25. The number of aryl methyl sites for hydroxylation is 1. The van der Waals surface area contributed by atoms with Gasteiger partial charge in [0.15, 0.2) is 5.65 Å². The van der Waals surface area contributed by atoms with Crippen molar-refractivity contribution < 1.29 is 14.3 Å². The molecule has 2 N–H and O–H groups in total. The number of nitrogens with one attached hydrogen (secondary N) is 2. The predicted molar refractivity (Wildman–Crippen MR) is 131 cm³/mol. The average Bonchev–Trinajstić information content (AvgIpc) is 3.59. The molecule has 4 heterocycles. The van der Waals surface area contributed by atoms with E-state index in [2.05, 4.69) is 20.4 Å². The number of fused-ring (bicyclic) bond motifs is 2. The number of benzene rings is 1. The number of hydrogen-bond acceptors (Lipinski definition) is 6. The molecule has 5 aromatic rings. The number of para-hydroxylation sites is 1. The molecular formula is C25H23N5O3S. The summed E-state index contributed by atoms with van der Waals surface area (Å²) in [7, 11) is 1.32. The summed E-state index contributed by atoms with van der Waals surface area (Å²) in [6, 6.07) is 12.7. The second-order valence-electron chi connectivity index (χ2n) is 8.04. The molecular weight excluding hydrogens is 450 g/mol. The summed E-state index contributed by atoms with van der Waals surface area (Å²) in [5, 5.41) is 11.0. The fourth-order valence-electron chi connectivity index (χ4n) is 4.12. The van der Waals surface area contributed by atoms with Crippen molar-refractivity contribution in [2.45, 2.75) is 25.9 Å². The van der Waals surface area contributed by atoms with Crippen LogP contribution in [-0.2, 0) is 22.5 Å². The third-order valence-corrected chi connectivity index (χ3v) is 6.62. The molecule has 0 aliphatic heterocycles.